The van der Waals surface area contributed by atoms with Crippen LogP contribution in [0.4, 0.5) is 11.5 Å². The first-order valence-electron chi connectivity index (χ1n) is 10.7. The summed E-state index contributed by atoms with van der Waals surface area (Å²) >= 11 is 1.60. The van der Waals surface area contributed by atoms with Crippen molar-refractivity contribution in [3.63, 3.8) is 0 Å². The van der Waals surface area contributed by atoms with Crippen molar-refractivity contribution >= 4 is 29.2 Å². The van der Waals surface area contributed by atoms with Crippen molar-refractivity contribution in [2.75, 3.05) is 23.3 Å². The number of amides is 1. The minimum Gasteiger partial charge on any atom is -0.354 e. The fourth-order valence-electron chi connectivity index (χ4n) is 3.85. The molecule has 2 heterocycles. The summed E-state index contributed by atoms with van der Waals surface area (Å²) in [6.45, 7) is 7.73. The Bertz CT molecular complexity index is 1050. The lowest BCUT2D eigenvalue weighted by Gasteiger charge is -2.32. The topological polar surface area (TPSA) is 58.1 Å². The van der Waals surface area contributed by atoms with Crippen LogP contribution in [-0.4, -0.2) is 29.2 Å². The van der Waals surface area contributed by atoms with Crippen LogP contribution >= 0.6 is 11.8 Å². The Balaban J connectivity index is 1.38. The number of aryl methyl sites for hydroxylation is 3. The minimum atomic E-state index is -0.0575. The van der Waals surface area contributed by atoms with Crippen molar-refractivity contribution in [1.29, 1.82) is 0 Å². The molecule has 4 rings (SSSR count). The second kappa shape index (κ2) is 9.52. The smallest absolute Gasteiger partial charge is 0.229 e. The Labute approximate surface area is 188 Å². The van der Waals surface area contributed by atoms with Gasteiger partial charge in [0.25, 0.3) is 0 Å². The SMILES string of the molecule is Cc1ccc(Sc2ccc(N3CCCC(C(=O)Nc4ccc(C)cc4C)C3)nn2)cc1. The molecule has 1 aliphatic heterocycles. The maximum atomic E-state index is 12.9. The molecule has 2 aromatic carbocycles. The molecule has 1 aliphatic rings. The van der Waals surface area contributed by atoms with Gasteiger partial charge in [-0.2, -0.15) is 0 Å². The van der Waals surface area contributed by atoms with E-state index in [1.54, 1.807) is 11.8 Å². The van der Waals surface area contributed by atoms with E-state index in [4.69, 9.17) is 0 Å². The Morgan fingerprint density at radius 2 is 1.77 bits per heavy atom. The van der Waals surface area contributed by atoms with Gasteiger partial charge in [-0.05, 0) is 69.5 Å². The normalized spacial score (nSPS) is 16.2. The number of hydrogen-bond donors (Lipinski definition) is 1. The van der Waals surface area contributed by atoms with E-state index in [0.29, 0.717) is 6.54 Å². The highest BCUT2D eigenvalue weighted by Gasteiger charge is 2.27. The second-order valence-corrected chi connectivity index (χ2v) is 9.33. The van der Waals surface area contributed by atoms with E-state index in [1.807, 2.05) is 31.2 Å². The van der Waals surface area contributed by atoms with Crippen LogP contribution in [0.1, 0.15) is 29.5 Å². The number of carbonyl (C=O) groups excluding carboxylic acids is 1. The van der Waals surface area contributed by atoms with Gasteiger partial charge in [0, 0.05) is 23.7 Å². The van der Waals surface area contributed by atoms with E-state index >= 15 is 0 Å². The largest absolute Gasteiger partial charge is 0.354 e. The van der Waals surface area contributed by atoms with Gasteiger partial charge in [-0.3, -0.25) is 4.79 Å². The zero-order chi connectivity index (χ0) is 21.8. The van der Waals surface area contributed by atoms with Gasteiger partial charge in [0.2, 0.25) is 5.91 Å². The molecule has 31 heavy (non-hydrogen) atoms. The summed E-state index contributed by atoms with van der Waals surface area (Å²) in [4.78, 5) is 16.2. The van der Waals surface area contributed by atoms with Gasteiger partial charge >= 0.3 is 0 Å². The van der Waals surface area contributed by atoms with E-state index in [2.05, 4.69) is 64.6 Å². The molecule has 1 aromatic heterocycles. The molecular formula is C25H28N4OS. The monoisotopic (exact) mass is 432 g/mol. The highest BCUT2D eigenvalue weighted by atomic mass is 32.2. The van der Waals surface area contributed by atoms with Crippen molar-refractivity contribution < 1.29 is 4.79 Å². The van der Waals surface area contributed by atoms with Gasteiger partial charge in [0.05, 0.1) is 5.92 Å². The second-order valence-electron chi connectivity index (χ2n) is 8.24. The van der Waals surface area contributed by atoms with E-state index in [1.165, 1.54) is 11.1 Å². The fraction of sp³-hybridized carbons (Fsp3) is 0.320. The Kier molecular flexibility index (Phi) is 6.56. The number of benzene rings is 2. The van der Waals surface area contributed by atoms with Gasteiger partial charge in [0.15, 0.2) is 5.82 Å². The average Bonchev–Trinajstić information content (AvgIpc) is 2.78. The quantitative estimate of drug-likeness (QED) is 0.584. The highest BCUT2D eigenvalue weighted by molar-refractivity contribution is 7.99. The summed E-state index contributed by atoms with van der Waals surface area (Å²) in [6, 6.07) is 18.5. The zero-order valence-corrected chi connectivity index (χ0v) is 19.1. The summed E-state index contributed by atoms with van der Waals surface area (Å²) in [7, 11) is 0. The van der Waals surface area contributed by atoms with Crippen molar-refractivity contribution in [3.05, 3.63) is 71.3 Å². The van der Waals surface area contributed by atoms with Gasteiger partial charge < -0.3 is 10.2 Å². The van der Waals surface area contributed by atoms with Crippen molar-refractivity contribution in [2.45, 2.75) is 43.5 Å². The van der Waals surface area contributed by atoms with Crippen LogP contribution in [0.25, 0.3) is 0 Å². The summed E-state index contributed by atoms with van der Waals surface area (Å²) in [5.41, 5.74) is 4.42. The van der Waals surface area contributed by atoms with Gasteiger partial charge in [-0.25, -0.2) is 0 Å². The molecule has 3 aromatic rings. The number of anilines is 2. The van der Waals surface area contributed by atoms with E-state index in [9.17, 15) is 4.79 Å². The van der Waals surface area contributed by atoms with Gasteiger partial charge in [-0.15, -0.1) is 10.2 Å². The molecule has 1 saturated heterocycles. The molecule has 1 fully saturated rings. The lowest BCUT2D eigenvalue weighted by molar-refractivity contribution is -0.120. The number of hydrogen-bond acceptors (Lipinski definition) is 5. The predicted octanol–water partition coefficient (Wildman–Crippen LogP) is 5.41. The molecule has 1 N–H and O–H groups in total. The summed E-state index contributed by atoms with van der Waals surface area (Å²) in [5.74, 6) is 0.853. The number of piperidine rings is 1. The van der Waals surface area contributed by atoms with Gasteiger partial charge in [-0.1, -0.05) is 47.2 Å². The molecule has 5 nitrogen and oxygen atoms in total. The summed E-state index contributed by atoms with van der Waals surface area (Å²) < 4.78 is 0. The molecule has 1 atom stereocenters. The van der Waals surface area contributed by atoms with Crippen LogP contribution in [0.5, 0.6) is 0 Å². The van der Waals surface area contributed by atoms with Crippen molar-refractivity contribution in [1.82, 2.24) is 10.2 Å². The summed E-state index contributed by atoms with van der Waals surface area (Å²) in [6.07, 6.45) is 1.86. The molecule has 0 spiro atoms. The molecule has 160 valence electrons. The zero-order valence-electron chi connectivity index (χ0n) is 18.3. The number of nitrogens with one attached hydrogen (secondary N) is 1. The summed E-state index contributed by atoms with van der Waals surface area (Å²) in [5, 5.41) is 12.8. The lowest BCUT2D eigenvalue weighted by Crippen LogP contribution is -2.41. The molecule has 6 heteroatoms. The number of nitrogens with zero attached hydrogens (tertiary/aromatic N) is 3. The third kappa shape index (κ3) is 5.44. The molecule has 0 aliphatic carbocycles. The number of rotatable bonds is 5. The number of carbonyl (C=O) groups is 1. The van der Waals surface area contributed by atoms with Crippen LogP contribution in [0, 0.1) is 26.7 Å². The molecule has 0 bridgehead atoms. The minimum absolute atomic E-state index is 0.0575. The maximum Gasteiger partial charge on any atom is 0.229 e. The fourth-order valence-corrected chi connectivity index (χ4v) is 4.58. The van der Waals surface area contributed by atoms with Crippen molar-refractivity contribution in [3.8, 4) is 0 Å². The molecular weight excluding hydrogens is 404 g/mol. The first-order chi connectivity index (χ1) is 15.0. The standard InChI is InChI=1S/C25H28N4OS/c1-17-6-9-21(10-7-17)31-24-13-12-23(27-28-24)29-14-4-5-20(16-29)25(30)26-22-11-8-18(2)15-19(22)3/h6-13,15,20H,4-5,14,16H2,1-3H3,(H,26,30). The molecule has 0 radical (unpaired) electrons. The molecule has 0 saturated carbocycles. The maximum absolute atomic E-state index is 12.9. The molecule has 1 amide bonds. The van der Waals surface area contributed by atoms with Crippen LogP contribution in [0.3, 0.4) is 0 Å². The third-order valence-electron chi connectivity index (χ3n) is 5.63. The molecule has 1 unspecified atom stereocenters. The Morgan fingerprint density at radius 1 is 1.00 bits per heavy atom. The Hall–Kier alpha value is -2.86. The third-order valence-corrected chi connectivity index (χ3v) is 6.56. The Morgan fingerprint density at radius 3 is 2.48 bits per heavy atom. The predicted molar refractivity (Wildman–Crippen MR) is 127 cm³/mol. The van der Waals surface area contributed by atoms with Crippen LogP contribution in [-0.2, 0) is 4.79 Å². The first kappa shape index (κ1) is 21.4. The van der Waals surface area contributed by atoms with Crippen LogP contribution in [0.15, 0.2) is 64.5 Å². The van der Waals surface area contributed by atoms with Crippen LogP contribution < -0.4 is 10.2 Å². The lowest BCUT2D eigenvalue weighted by atomic mass is 9.96. The van der Waals surface area contributed by atoms with Gasteiger partial charge in [0.1, 0.15) is 5.03 Å². The van der Waals surface area contributed by atoms with E-state index in [-0.39, 0.29) is 11.8 Å². The highest BCUT2D eigenvalue weighted by Crippen LogP contribution is 2.28. The van der Waals surface area contributed by atoms with E-state index < -0.39 is 0 Å². The average molecular weight is 433 g/mol. The van der Waals surface area contributed by atoms with Crippen molar-refractivity contribution in [2.24, 2.45) is 5.92 Å². The van der Waals surface area contributed by atoms with Crippen LogP contribution in [0.2, 0.25) is 0 Å². The first-order valence-corrected chi connectivity index (χ1v) is 11.5. The number of aromatic nitrogens is 2. The van der Waals surface area contributed by atoms with E-state index in [0.717, 1.165) is 46.4 Å².